The maximum Gasteiger partial charge on any atom is 0.489 e. The van der Waals surface area contributed by atoms with Crippen molar-refractivity contribution in [3.05, 3.63) is 0 Å². The van der Waals surface area contributed by atoms with E-state index in [1.807, 2.05) is 69.2 Å². The lowest BCUT2D eigenvalue weighted by atomic mass is 10.4. The normalized spacial score (nSPS) is 33.3. The molecule has 0 saturated carbocycles. The van der Waals surface area contributed by atoms with Crippen molar-refractivity contribution < 1.29 is 42.7 Å². The van der Waals surface area contributed by atoms with Gasteiger partial charge in [0.1, 0.15) is 0 Å². The number of hydrogen-bond donors (Lipinski definition) is 0. The molecule has 1 aliphatic rings. The van der Waals surface area contributed by atoms with Crippen molar-refractivity contribution in [3.8, 4) is 0 Å². The first kappa shape index (κ1) is 48.7. The Morgan fingerprint density at radius 3 is 0.480 bits per heavy atom. The molecule has 0 amide bonds. The van der Waals surface area contributed by atoms with Crippen LogP contribution in [0.5, 0.6) is 0 Å². The van der Waals surface area contributed by atoms with Gasteiger partial charge >= 0.3 is 44.0 Å². The van der Waals surface area contributed by atoms with E-state index in [-0.39, 0.29) is 58.2 Å². The van der Waals surface area contributed by atoms with Crippen LogP contribution in [0.3, 0.4) is 0 Å². The minimum atomic E-state index is -3.84. The predicted octanol–water partition coefficient (Wildman–Crippen LogP) is 10.9. The molecule has 0 aromatic carbocycles. The molecule has 1 rings (SSSR count). The van der Waals surface area contributed by atoms with Crippen LogP contribution in [-0.4, -0.2) is 74.5 Å². The van der Waals surface area contributed by atoms with Gasteiger partial charge in [-0.1, -0.05) is 69.2 Å². The summed E-state index contributed by atoms with van der Waals surface area (Å²) in [6, 6.07) is 0. The molecule has 0 spiro atoms. The first-order valence-electron chi connectivity index (χ1n) is 19.9. The fourth-order valence-corrected chi connectivity index (χ4v) is 33.4. The Balaban J connectivity index is 4.87. The minimum absolute atomic E-state index is 0.132. The zero-order chi connectivity index (χ0) is 38.9. The Labute approximate surface area is 314 Å². The monoisotopic (exact) mass is 800 g/mol. The molecule has 0 aromatic rings. The van der Waals surface area contributed by atoms with Crippen LogP contribution in [0.15, 0.2) is 0 Å². The lowest BCUT2D eigenvalue weighted by Crippen LogP contribution is -2.77. The van der Waals surface area contributed by atoms with Crippen LogP contribution in [0.4, 0.5) is 0 Å². The van der Waals surface area contributed by atoms with Crippen LogP contribution in [0.25, 0.3) is 0 Å². The highest BCUT2D eigenvalue weighted by Gasteiger charge is 2.73. The van der Waals surface area contributed by atoms with E-state index in [1.54, 1.807) is 0 Å². The molecular weight excluding hydrogens is 721 g/mol. The fourth-order valence-electron chi connectivity index (χ4n) is 5.82. The van der Waals surface area contributed by atoms with Gasteiger partial charge < -0.3 is 42.7 Å². The summed E-state index contributed by atoms with van der Waals surface area (Å²) in [5.41, 5.74) is -0.661. The van der Waals surface area contributed by atoms with Gasteiger partial charge in [0, 0.05) is 58.2 Å². The quantitative estimate of drug-likeness (QED) is 0.111. The maximum absolute atomic E-state index is 7.74. The third kappa shape index (κ3) is 12.1. The molecule has 15 heteroatoms. The number of hydrogen-bond acceptors (Lipinski definition) is 10. The van der Waals surface area contributed by atoms with E-state index in [1.165, 1.54) is 0 Å². The second kappa shape index (κ2) is 20.6. The standard InChI is InChI=1S/C35H80O10Si5/c1-21-31(16)46(36-26(6)7)41-47(32(17)22-2,37-27(8)9)43-49(34(19)24-4,39-29(12)13)45-50(35(20)25-5,40-30(14)15)44-48(42-46,33(18)23-3)38-28(10)11/h26-35H,21-25H2,1-20H3. The predicted molar refractivity (Wildman–Crippen MR) is 214 cm³/mol. The van der Waals surface area contributed by atoms with Crippen molar-refractivity contribution in [2.24, 2.45) is 0 Å². The van der Waals surface area contributed by atoms with E-state index >= 15 is 0 Å². The Morgan fingerprint density at radius 2 is 0.400 bits per heavy atom. The maximum atomic E-state index is 7.74. The zero-order valence-corrected chi connectivity index (χ0v) is 40.9. The van der Waals surface area contributed by atoms with E-state index in [0.717, 1.165) is 32.1 Å². The molecule has 10 nitrogen and oxygen atoms in total. The fraction of sp³-hybridized carbons (Fsp3) is 1.00. The van der Waals surface area contributed by atoms with Crippen LogP contribution < -0.4 is 0 Å². The molecule has 5 unspecified atom stereocenters. The van der Waals surface area contributed by atoms with Crippen molar-refractivity contribution in [1.29, 1.82) is 0 Å². The Morgan fingerprint density at radius 1 is 0.280 bits per heavy atom. The first-order chi connectivity index (χ1) is 23.0. The van der Waals surface area contributed by atoms with Gasteiger partial charge in [-0.2, -0.15) is 0 Å². The van der Waals surface area contributed by atoms with Crippen molar-refractivity contribution in [1.82, 2.24) is 0 Å². The highest BCUT2D eigenvalue weighted by molar-refractivity contribution is 6.91. The minimum Gasteiger partial charge on any atom is -0.372 e. The molecule has 0 aliphatic carbocycles. The Kier molecular flexibility index (Phi) is 20.0. The van der Waals surface area contributed by atoms with E-state index in [9.17, 15) is 0 Å². The molecule has 1 heterocycles. The Hall–Kier alpha value is 0.684. The second-order valence-electron chi connectivity index (χ2n) is 15.9. The molecule has 0 aromatic heterocycles. The summed E-state index contributed by atoms with van der Waals surface area (Å²) < 4.78 is 74.5. The average Bonchev–Trinajstić information content (AvgIpc) is 3.00. The van der Waals surface area contributed by atoms with Crippen LogP contribution in [0, 0.1) is 0 Å². The summed E-state index contributed by atoms with van der Waals surface area (Å²) in [5.74, 6) is 0. The van der Waals surface area contributed by atoms with Crippen LogP contribution in [0.1, 0.15) is 171 Å². The van der Waals surface area contributed by atoms with E-state index < -0.39 is 44.0 Å². The molecule has 1 aliphatic heterocycles. The topological polar surface area (TPSA) is 92.3 Å². The summed E-state index contributed by atoms with van der Waals surface area (Å²) in [7, 11) is -19.2. The molecule has 5 atom stereocenters. The lowest BCUT2D eigenvalue weighted by molar-refractivity contribution is -0.0238. The largest absolute Gasteiger partial charge is 0.489 e. The highest BCUT2D eigenvalue weighted by Crippen LogP contribution is 2.50. The lowest BCUT2D eigenvalue weighted by Gasteiger charge is -2.55. The summed E-state index contributed by atoms with van der Waals surface area (Å²) in [6.07, 6.45) is 2.68. The van der Waals surface area contributed by atoms with Gasteiger partial charge in [0.05, 0.1) is 0 Å². The Bertz CT molecular complexity index is 788. The molecule has 50 heavy (non-hydrogen) atoms. The summed E-state index contributed by atoms with van der Waals surface area (Å²) in [4.78, 5) is 0. The number of rotatable bonds is 20. The summed E-state index contributed by atoms with van der Waals surface area (Å²) in [6.45, 7) is 42.0. The van der Waals surface area contributed by atoms with Gasteiger partial charge in [0.15, 0.2) is 0 Å². The third-order valence-electron chi connectivity index (χ3n) is 9.50. The average molecular weight is 801 g/mol. The van der Waals surface area contributed by atoms with E-state index in [4.69, 9.17) is 42.7 Å². The van der Waals surface area contributed by atoms with Gasteiger partial charge in [-0.25, -0.2) is 0 Å². The van der Waals surface area contributed by atoms with Crippen LogP contribution in [-0.2, 0) is 42.7 Å². The highest BCUT2D eigenvalue weighted by atomic mass is 28.6. The first-order valence-corrected chi connectivity index (χ1v) is 28.9. The van der Waals surface area contributed by atoms with E-state index in [0.29, 0.717) is 0 Å². The van der Waals surface area contributed by atoms with Gasteiger partial charge in [0.2, 0.25) is 0 Å². The third-order valence-corrected chi connectivity index (χ3v) is 33.0. The van der Waals surface area contributed by atoms with Crippen LogP contribution in [0.2, 0.25) is 27.7 Å². The molecule has 0 N–H and O–H groups in total. The smallest absolute Gasteiger partial charge is 0.372 e. The molecule has 1 fully saturated rings. The van der Waals surface area contributed by atoms with E-state index in [2.05, 4.69) is 69.2 Å². The molecule has 1 saturated heterocycles. The molecule has 0 radical (unpaired) electrons. The summed E-state index contributed by atoms with van der Waals surface area (Å²) in [5, 5.41) is 0. The van der Waals surface area contributed by atoms with Crippen molar-refractivity contribution in [2.45, 2.75) is 229 Å². The van der Waals surface area contributed by atoms with Gasteiger partial charge in [-0.05, 0) is 101 Å². The van der Waals surface area contributed by atoms with Crippen molar-refractivity contribution in [3.63, 3.8) is 0 Å². The van der Waals surface area contributed by atoms with Gasteiger partial charge in [-0.3, -0.25) is 0 Å². The van der Waals surface area contributed by atoms with Crippen LogP contribution >= 0.6 is 0 Å². The van der Waals surface area contributed by atoms with Crippen molar-refractivity contribution >= 4 is 44.0 Å². The molecular formula is C35H80O10Si5. The molecule has 300 valence electrons. The second-order valence-corrected chi connectivity index (χ2v) is 32.1. The summed E-state index contributed by atoms with van der Waals surface area (Å²) >= 11 is 0. The SMILES string of the molecule is CCC(C)[Si]1(OC(C)C)O[Si](OC(C)C)(C(C)CC)O[Si](OC(C)C)(C(C)CC)O[Si](OC(C)C)(C(C)CC)O[Si](OC(C)C)(C(C)CC)O1. The zero-order valence-electron chi connectivity index (χ0n) is 35.9. The van der Waals surface area contributed by atoms with Gasteiger partial charge in [-0.15, -0.1) is 0 Å². The molecule has 0 bridgehead atoms. The van der Waals surface area contributed by atoms with Gasteiger partial charge in [0.25, 0.3) is 0 Å². The van der Waals surface area contributed by atoms with Crippen molar-refractivity contribution in [2.75, 3.05) is 0 Å².